The zero-order chi connectivity index (χ0) is 26.2. The fourth-order valence-corrected chi connectivity index (χ4v) is 4.13. The van der Waals surface area contributed by atoms with Crippen molar-refractivity contribution in [3.63, 3.8) is 0 Å². The lowest BCUT2D eigenvalue weighted by Crippen LogP contribution is -2.25. The second kappa shape index (κ2) is 12.0. The highest BCUT2D eigenvalue weighted by atomic mass is 16.5. The number of nitrogens with zero attached hydrogens (tertiary/aromatic N) is 2. The molecule has 0 unspecified atom stereocenters. The van der Waals surface area contributed by atoms with E-state index in [9.17, 15) is 4.79 Å². The smallest absolute Gasteiger partial charge is 0.251 e. The van der Waals surface area contributed by atoms with Crippen LogP contribution in [0.3, 0.4) is 0 Å². The van der Waals surface area contributed by atoms with Gasteiger partial charge in [0.15, 0.2) is 23.0 Å². The molecule has 194 valence electrons. The molecule has 0 aliphatic rings. The second-order valence-corrected chi connectivity index (χ2v) is 8.12. The molecule has 0 fully saturated rings. The third-order valence-corrected chi connectivity index (χ3v) is 5.92. The number of para-hydroxylation sites is 4. The third-order valence-electron chi connectivity index (χ3n) is 5.92. The summed E-state index contributed by atoms with van der Waals surface area (Å²) in [5, 5.41) is 2.97. The summed E-state index contributed by atoms with van der Waals surface area (Å²) in [6, 6.07) is 18.7. The quantitative estimate of drug-likeness (QED) is 0.284. The maximum atomic E-state index is 13.0. The molecule has 1 N–H and O–H groups in total. The number of rotatable bonds is 12. The van der Waals surface area contributed by atoms with Crippen LogP contribution in [-0.4, -0.2) is 50.5 Å². The SMILES string of the molecule is COc1ccccc1OCCCn1c(CNC(=O)c2cc(OC)c(OC)c(OC)c2)nc2ccccc21. The predicted molar refractivity (Wildman–Crippen MR) is 140 cm³/mol. The molecular formula is C28H31N3O6. The zero-order valence-corrected chi connectivity index (χ0v) is 21.4. The van der Waals surface area contributed by atoms with Gasteiger partial charge in [-0.1, -0.05) is 24.3 Å². The third kappa shape index (κ3) is 5.72. The largest absolute Gasteiger partial charge is 0.493 e. The van der Waals surface area contributed by atoms with E-state index in [1.54, 1.807) is 19.2 Å². The van der Waals surface area contributed by atoms with E-state index in [0.717, 1.165) is 23.3 Å². The molecule has 4 rings (SSSR count). The van der Waals surface area contributed by atoms with Gasteiger partial charge in [-0.3, -0.25) is 4.79 Å². The van der Waals surface area contributed by atoms with E-state index in [2.05, 4.69) is 9.88 Å². The number of aromatic nitrogens is 2. The van der Waals surface area contributed by atoms with Crippen molar-refractivity contribution in [2.75, 3.05) is 35.0 Å². The average Bonchev–Trinajstić information content (AvgIpc) is 3.30. The van der Waals surface area contributed by atoms with Gasteiger partial charge in [0.2, 0.25) is 5.75 Å². The number of methoxy groups -OCH3 is 4. The number of fused-ring (bicyclic) bond motifs is 1. The summed E-state index contributed by atoms with van der Waals surface area (Å²) < 4.78 is 29.5. The van der Waals surface area contributed by atoms with Gasteiger partial charge in [0.05, 0.1) is 52.6 Å². The van der Waals surface area contributed by atoms with E-state index < -0.39 is 0 Å². The molecule has 9 nitrogen and oxygen atoms in total. The number of benzene rings is 3. The minimum Gasteiger partial charge on any atom is -0.493 e. The maximum absolute atomic E-state index is 13.0. The first-order chi connectivity index (χ1) is 18.1. The van der Waals surface area contributed by atoms with Crippen molar-refractivity contribution in [2.24, 2.45) is 0 Å². The fourth-order valence-electron chi connectivity index (χ4n) is 4.13. The predicted octanol–water partition coefficient (Wildman–Crippen LogP) is 4.47. The normalized spacial score (nSPS) is 10.7. The van der Waals surface area contributed by atoms with Crippen molar-refractivity contribution in [1.82, 2.24) is 14.9 Å². The van der Waals surface area contributed by atoms with Crippen molar-refractivity contribution in [3.05, 3.63) is 72.1 Å². The van der Waals surface area contributed by atoms with Gasteiger partial charge in [-0.15, -0.1) is 0 Å². The molecule has 9 heteroatoms. The molecule has 1 aromatic heterocycles. The molecule has 0 aliphatic carbocycles. The van der Waals surface area contributed by atoms with Gasteiger partial charge in [0.1, 0.15) is 5.82 Å². The molecule has 0 spiro atoms. The van der Waals surface area contributed by atoms with Gasteiger partial charge in [-0.05, 0) is 42.8 Å². The molecule has 37 heavy (non-hydrogen) atoms. The first kappa shape index (κ1) is 25.7. The van der Waals surface area contributed by atoms with Crippen molar-refractivity contribution in [1.29, 1.82) is 0 Å². The van der Waals surface area contributed by atoms with Gasteiger partial charge in [-0.2, -0.15) is 0 Å². The van der Waals surface area contributed by atoms with Crippen LogP contribution in [0.15, 0.2) is 60.7 Å². The summed E-state index contributed by atoms with van der Waals surface area (Å²) in [4.78, 5) is 17.8. The highest BCUT2D eigenvalue weighted by Crippen LogP contribution is 2.38. The monoisotopic (exact) mass is 505 g/mol. The molecular weight excluding hydrogens is 474 g/mol. The van der Waals surface area contributed by atoms with Crippen LogP contribution in [0.5, 0.6) is 28.7 Å². The van der Waals surface area contributed by atoms with Gasteiger partial charge in [-0.25, -0.2) is 4.98 Å². The molecule has 0 bridgehead atoms. The highest BCUT2D eigenvalue weighted by Gasteiger charge is 2.18. The molecule has 1 heterocycles. The fraction of sp³-hybridized carbons (Fsp3) is 0.286. The number of nitrogens with one attached hydrogen (secondary N) is 1. The second-order valence-electron chi connectivity index (χ2n) is 8.12. The minimum absolute atomic E-state index is 0.248. The lowest BCUT2D eigenvalue weighted by atomic mass is 10.1. The Balaban J connectivity index is 1.47. The van der Waals surface area contributed by atoms with E-state index in [0.29, 0.717) is 47.5 Å². The Morgan fingerprint density at radius 2 is 1.49 bits per heavy atom. The summed E-state index contributed by atoms with van der Waals surface area (Å²) in [5.41, 5.74) is 2.25. The lowest BCUT2D eigenvalue weighted by molar-refractivity contribution is 0.0948. The lowest BCUT2D eigenvalue weighted by Gasteiger charge is -2.14. The van der Waals surface area contributed by atoms with Gasteiger partial charge < -0.3 is 33.6 Å². The molecule has 3 aromatic carbocycles. The van der Waals surface area contributed by atoms with E-state index in [-0.39, 0.29) is 12.5 Å². The Labute approximate surface area is 215 Å². The molecule has 1 amide bonds. The van der Waals surface area contributed by atoms with Crippen molar-refractivity contribution in [3.8, 4) is 28.7 Å². The Morgan fingerprint density at radius 3 is 2.16 bits per heavy atom. The van der Waals surface area contributed by atoms with Crippen LogP contribution < -0.4 is 29.0 Å². The molecule has 0 atom stereocenters. The van der Waals surface area contributed by atoms with E-state index in [1.807, 2.05) is 48.5 Å². The molecule has 0 aliphatic heterocycles. The number of carbonyl (C=O) groups excluding carboxylic acids is 1. The van der Waals surface area contributed by atoms with Crippen LogP contribution in [0.25, 0.3) is 11.0 Å². The summed E-state index contributed by atoms with van der Waals surface area (Å²) >= 11 is 0. The Morgan fingerprint density at radius 1 is 0.838 bits per heavy atom. The molecule has 0 saturated carbocycles. The van der Waals surface area contributed by atoms with Gasteiger partial charge in [0, 0.05) is 12.1 Å². The van der Waals surface area contributed by atoms with Crippen LogP contribution in [0.1, 0.15) is 22.6 Å². The Hall–Kier alpha value is -4.40. The first-order valence-corrected chi connectivity index (χ1v) is 11.9. The standard InChI is InChI=1S/C28H31N3O6/c1-33-22-12-7-8-13-23(22)37-15-9-14-31-21-11-6-5-10-20(21)30-26(31)18-29-28(32)19-16-24(34-2)27(36-4)25(17-19)35-3/h5-8,10-13,16-17H,9,14-15,18H2,1-4H3,(H,29,32). The number of carbonyl (C=O) groups is 1. The van der Waals surface area contributed by atoms with Crippen LogP contribution in [0.4, 0.5) is 0 Å². The number of hydrogen-bond donors (Lipinski definition) is 1. The van der Waals surface area contributed by atoms with Crippen molar-refractivity contribution >= 4 is 16.9 Å². The highest BCUT2D eigenvalue weighted by molar-refractivity contribution is 5.95. The number of hydrogen-bond acceptors (Lipinski definition) is 7. The van der Waals surface area contributed by atoms with Crippen LogP contribution in [0, 0.1) is 0 Å². The molecule has 4 aromatic rings. The van der Waals surface area contributed by atoms with Gasteiger partial charge >= 0.3 is 0 Å². The van der Waals surface area contributed by atoms with Crippen LogP contribution in [-0.2, 0) is 13.1 Å². The number of aryl methyl sites for hydroxylation is 1. The Kier molecular flexibility index (Phi) is 8.35. The summed E-state index contributed by atoms with van der Waals surface area (Å²) in [6.45, 7) is 1.42. The Bertz CT molecular complexity index is 1340. The zero-order valence-electron chi connectivity index (χ0n) is 21.4. The minimum atomic E-state index is -0.280. The molecule has 0 radical (unpaired) electrons. The van der Waals surface area contributed by atoms with Crippen molar-refractivity contribution < 1.29 is 28.5 Å². The van der Waals surface area contributed by atoms with Crippen LogP contribution >= 0.6 is 0 Å². The van der Waals surface area contributed by atoms with Gasteiger partial charge in [0.25, 0.3) is 5.91 Å². The average molecular weight is 506 g/mol. The first-order valence-electron chi connectivity index (χ1n) is 11.9. The van der Waals surface area contributed by atoms with E-state index in [1.165, 1.54) is 21.3 Å². The van der Waals surface area contributed by atoms with Crippen LogP contribution in [0.2, 0.25) is 0 Å². The molecule has 0 saturated heterocycles. The van der Waals surface area contributed by atoms with E-state index in [4.69, 9.17) is 28.7 Å². The summed E-state index contributed by atoms with van der Waals surface area (Å²) in [7, 11) is 6.17. The van der Waals surface area contributed by atoms with E-state index >= 15 is 0 Å². The maximum Gasteiger partial charge on any atom is 0.251 e. The number of imidazole rings is 1. The summed E-state index contributed by atoms with van der Waals surface area (Å²) in [6.07, 6.45) is 0.742. The number of amides is 1. The van der Waals surface area contributed by atoms with Crippen molar-refractivity contribution in [2.45, 2.75) is 19.5 Å². The topological polar surface area (TPSA) is 93.1 Å². The number of ether oxygens (including phenoxy) is 5. The summed E-state index contributed by atoms with van der Waals surface area (Å²) in [5.74, 6) is 3.13.